The molecule has 0 spiro atoms. The average Bonchev–Trinajstić information content (AvgIpc) is 2.64. The quantitative estimate of drug-likeness (QED) is 0.351. The Hall–Kier alpha value is -1.91. The highest BCUT2D eigenvalue weighted by Crippen LogP contribution is 2.16. The van der Waals surface area contributed by atoms with E-state index >= 15 is 0 Å². The van der Waals surface area contributed by atoms with Gasteiger partial charge in [0.25, 0.3) is 0 Å². The molecule has 0 aliphatic carbocycles. The Morgan fingerprint density at radius 1 is 0.889 bits per heavy atom. The molecule has 0 saturated carbocycles. The fraction of sp³-hybridized carbons (Fsp3) is 0.682. The van der Waals surface area contributed by atoms with Gasteiger partial charge in [0.2, 0.25) is 0 Å². The highest BCUT2D eigenvalue weighted by Gasteiger charge is 2.21. The van der Waals surface area contributed by atoms with Gasteiger partial charge in [0.15, 0.2) is 0 Å². The van der Waals surface area contributed by atoms with Crippen LogP contribution in [0, 0.1) is 5.92 Å². The molecule has 0 aliphatic heterocycles. The lowest BCUT2D eigenvalue weighted by atomic mass is 10.0. The number of esters is 2. The van der Waals surface area contributed by atoms with Gasteiger partial charge < -0.3 is 9.47 Å². The van der Waals surface area contributed by atoms with Crippen LogP contribution in [0.5, 0.6) is 0 Å². The number of aromatic nitrogens is 1. The predicted octanol–water partition coefficient (Wildman–Crippen LogP) is 5.58. The molecule has 0 N–H and O–H groups in total. The Morgan fingerprint density at radius 2 is 1.52 bits per heavy atom. The van der Waals surface area contributed by atoms with Gasteiger partial charge in [0, 0.05) is 0 Å². The minimum atomic E-state index is -0.499. The van der Waals surface area contributed by atoms with E-state index in [0.29, 0.717) is 0 Å². The van der Waals surface area contributed by atoms with Crippen molar-refractivity contribution in [3.63, 3.8) is 0 Å². The fourth-order valence-corrected chi connectivity index (χ4v) is 2.83. The second-order valence-corrected chi connectivity index (χ2v) is 7.45. The number of rotatable bonds is 12. The zero-order valence-electron chi connectivity index (χ0n) is 17.5. The number of unbranched alkanes of at least 4 members (excludes halogenated alkanes) is 3. The van der Waals surface area contributed by atoms with Crippen LogP contribution in [0.4, 0.5) is 0 Å². The van der Waals surface area contributed by atoms with E-state index in [1.165, 1.54) is 12.8 Å². The van der Waals surface area contributed by atoms with Crippen molar-refractivity contribution in [2.24, 2.45) is 5.92 Å². The highest BCUT2D eigenvalue weighted by atomic mass is 16.5. The first-order valence-corrected chi connectivity index (χ1v) is 10.3. The van der Waals surface area contributed by atoms with Gasteiger partial charge in [0.05, 0.1) is 6.10 Å². The van der Waals surface area contributed by atoms with E-state index in [1.807, 2.05) is 20.8 Å². The summed E-state index contributed by atoms with van der Waals surface area (Å²) in [4.78, 5) is 28.9. The molecule has 1 rings (SSSR count). The lowest BCUT2D eigenvalue weighted by Gasteiger charge is -2.20. The van der Waals surface area contributed by atoms with Gasteiger partial charge in [-0.2, -0.15) is 0 Å². The van der Waals surface area contributed by atoms with Crippen molar-refractivity contribution < 1.29 is 19.1 Å². The predicted molar refractivity (Wildman–Crippen MR) is 107 cm³/mol. The molecule has 1 heterocycles. The normalized spacial score (nSPS) is 13.3. The van der Waals surface area contributed by atoms with E-state index in [1.54, 1.807) is 18.2 Å². The molecule has 1 aromatic heterocycles. The Kier molecular flexibility index (Phi) is 10.7. The molecule has 0 aliphatic rings. The fourth-order valence-electron chi connectivity index (χ4n) is 2.83. The van der Waals surface area contributed by atoms with Gasteiger partial charge in [-0.15, -0.1) is 0 Å². The molecule has 0 radical (unpaired) electrons. The van der Waals surface area contributed by atoms with Crippen LogP contribution in [0.15, 0.2) is 18.2 Å². The van der Waals surface area contributed by atoms with Crippen molar-refractivity contribution in [3.8, 4) is 0 Å². The molecule has 2 unspecified atom stereocenters. The summed E-state index contributed by atoms with van der Waals surface area (Å²) in [7, 11) is 0. The number of pyridine rings is 1. The maximum Gasteiger partial charge on any atom is 0.357 e. The molecular weight excluding hydrogens is 342 g/mol. The van der Waals surface area contributed by atoms with Crippen molar-refractivity contribution >= 4 is 11.9 Å². The maximum atomic E-state index is 12.4. The second-order valence-electron chi connectivity index (χ2n) is 7.45. The number of carbonyl (C=O) groups is 2. The molecular formula is C22H35NO4. The lowest BCUT2D eigenvalue weighted by Crippen LogP contribution is -2.24. The van der Waals surface area contributed by atoms with Crippen LogP contribution in [0.1, 0.15) is 101 Å². The van der Waals surface area contributed by atoms with E-state index in [2.05, 4.69) is 18.8 Å². The Labute approximate surface area is 163 Å². The molecule has 0 bridgehead atoms. The van der Waals surface area contributed by atoms with E-state index < -0.39 is 11.9 Å². The van der Waals surface area contributed by atoms with E-state index in [-0.39, 0.29) is 29.5 Å². The second kappa shape index (κ2) is 12.5. The monoisotopic (exact) mass is 377 g/mol. The average molecular weight is 378 g/mol. The summed E-state index contributed by atoms with van der Waals surface area (Å²) in [6, 6.07) is 4.77. The van der Waals surface area contributed by atoms with E-state index in [9.17, 15) is 9.59 Å². The summed E-state index contributed by atoms with van der Waals surface area (Å²) in [6.07, 6.45) is 6.82. The zero-order chi connectivity index (χ0) is 20.2. The summed E-state index contributed by atoms with van der Waals surface area (Å²) >= 11 is 0. The molecule has 5 nitrogen and oxygen atoms in total. The van der Waals surface area contributed by atoms with Crippen LogP contribution in [0.25, 0.3) is 0 Å². The first-order chi connectivity index (χ1) is 12.9. The third kappa shape index (κ3) is 8.55. The van der Waals surface area contributed by atoms with Crippen molar-refractivity contribution in [1.82, 2.24) is 4.98 Å². The first-order valence-electron chi connectivity index (χ1n) is 10.3. The van der Waals surface area contributed by atoms with Crippen LogP contribution in [0.2, 0.25) is 0 Å². The van der Waals surface area contributed by atoms with Gasteiger partial charge in [0.1, 0.15) is 17.5 Å². The van der Waals surface area contributed by atoms with Gasteiger partial charge >= 0.3 is 11.9 Å². The van der Waals surface area contributed by atoms with E-state index in [4.69, 9.17) is 9.47 Å². The Bertz CT molecular complexity index is 585. The molecule has 0 amide bonds. The van der Waals surface area contributed by atoms with Crippen molar-refractivity contribution in [1.29, 1.82) is 0 Å². The first kappa shape index (κ1) is 23.1. The van der Waals surface area contributed by atoms with Gasteiger partial charge in [-0.1, -0.05) is 59.4 Å². The van der Waals surface area contributed by atoms with Crippen LogP contribution < -0.4 is 0 Å². The van der Waals surface area contributed by atoms with Crippen molar-refractivity contribution in [2.45, 2.75) is 91.8 Å². The van der Waals surface area contributed by atoms with Gasteiger partial charge in [-0.3, -0.25) is 0 Å². The Balaban J connectivity index is 2.66. The molecule has 0 saturated heterocycles. The minimum Gasteiger partial charge on any atom is -0.458 e. The third-order valence-electron chi connectivity index (χ3n) is 4.51. The number of hydrogen-bond donors (Lipinski definition) is 0. The molecule has 2 atom stereocenters. The minimum absolute atomic E-state index is 0.140. The van der Waals surface area contributed by atoms with Crippen LogP contribution >= 0.6 is 0 Å². The van der Waals surface area contributed by atoms with Crippen molar-refractivity contribution in [2.75, 3.05) is 0 Å². The van der Waals surface area contributed by atoms with Crippen LogP contribution in [-0.2, 0) is 9.47 Å². The van der Waals surface area contributed by atoms with Crippen LogP contribution in [-0.4, -0.2) is 29.1 Å². The summed E-state index contributed by atoms with van der Waals surface area (Å²) < 4.78 is 11.0. The SMILES string of the molecule is CCCCCCC(C)OC(=O)c1cccc(C(=O)OC(CCC)C(C)C)n1. The third-order valence-corrected chi connectivity index (χ3v) is 4.51. The number of ether oxygens (including phenoxy) is 2. The van der Waals surface area contributed by atoms with Gasteiger partial charge in [-0.05, 0) is 44.2 Å². The lowest BCUT2D eigenvalue weighted by molar-refractivity contribution is 0.0150. The number of nitrogens with zero attached hydrogens (tertiary/aromatic N) is 1. The molecule has 0 fully saturated rings. The number of hydrogen-bond acceptors (Lipinski definition) is 5. The smallest absolute Gasteiger partial charge is 0.357 e. The van der Waals surface area contributed by atoms with E-state index in [0.717, 1.165) is 32.1 Å². The van der Waals surface area contributed by atoms with Gasteiger partial charge in [-0.25, -0.2) is 14.6 Å². The Morgan fingerprint density at radius 3 is 2.07 bits per heavy atom. The highest BCUT2D eigenvalue weighted by molar-refractivity contribution is 5.91. The summed E-state index contributed by atoms with van der Waals surface area (Å²) in [5.41, 5.74) is 0.281. The molecule has 152 valence electrons. The van der Waals surface area contributed by atoms with Crippen LogP contribution in [0.3, 0.4) is 0 Å². The molecule has 27 heavy (non-hydrogen) atoms. The topological polar surface area (TPSA) is 65.5 Å². The largest absolute Gasteiger partial charge is 0.458 e. The summed E-state index contributed by atoms with van der Waals surface area (Å²) in [5.74, 6) is -0.762. The maximum absolute atomic E-state index is 12.4. The number of carbonyl (C=O) groups excluding carboxylic acids is 2. The summed E-state index contributed by atoms with van der Waals surface area (Å²) in [5, 5.41) is 0. The standard InChI is InChI=1S/C22H35NO4/c1-6-8-9-10-13-17(5)26-21(24)18-14-11-15-19(23-18)22(25)27-20(12-7-2)16(3)4/h11,14-17,20H,6-10,12-13H2,1-5H3. The summed E-state index contributed by atoms with van der Waals surface area (Å²) in [6.45, 7) is 10.2. The molecule has 1 aromatic rings. The molecule has 5 heteroatoms. The van der Waals surface area contributed by atoms with Crippen molar-refractivity contribution in [3.05, 3.63) is 29.6 Å². The zero-order valence-corrected chi connectivity index (χ0v) is 17.5. The molecule has 0 aromatic carbocycles.